The number of alkyl halides is 3. The molecule has 0 N–H and O–H groups in total. The second-order valence-corrected chi connectivity index (χ2v) is 5.09. The molecule has 1 aliphatic carbocycles. The minimum absolute atomic E-state index is 0.142. The lowest BCUT2D eigenvalue weighted by Crippen LogP contribution is -2.31. The Kier molecular flexibility index (Phi) is 4.85. The molecule has 0 spiro atoms. The first-order valence-corrected chi connectivity index (χ1v) is 6.06. The Hall–Kier alpha value is -0.970. The van der Waals surface area contributed by atoms with E-state index in [9.17, 15) is 13.2 Å². The Morgan fingerprint density at radius 2 is 1.83 bits per heavy atom. The average molecular weight is 262 g/mol. The molecule has 104 valence electrons. The Labute approximate surface area is 107 Å². The highest BCUT2D eigenvalue weighted by Crippen LogP contribution is 2.34. The second-order valence-electron chi connectivity index (χ2n) is 5.09. The number of likely N-dealkylation sites (N-methyl/N-ethyl adjacent to an activating group) is 2. The lowest BCUT2D eigenvalue weighted by molar-refractivity contribution is -0.0890. The number of halogens is 3. The maximum atomic E-state index is 12.7. The molecule has 0 saturated heterocycles. The summed E-state index contributed by atoms with van der Waals surface area (Å²) in [5.74, 6) is 0.142. The molecule has 0 heterocycles. The topological polar surface area (TPSA) is 6.48 Å². The van der Waals surface area contributed by atoms with Crippen LogP contribution in [0.2, 0.25) is 0 Å². The number of hydrogen-bond acceptors (Lipinski definition) is 2. The third-order valence-electron chi connectivity index (χ3n) is 3.15. The predicted octanol–water partition coefficient (Wildman–Crippen LogP) is 2.89. The fourth-order valence-electron chi connectivity index (χ4n) is 1.95. The first kappa shape index (κ1) is 15.1. The van der Waals surface area contributed by atoms with Crippen LogP contribution in [0.15, 0.2) is 23.4 Å². The van der Waals surface area contributed by atoms with Gasteiger partial charge in [-0.25, -0.2) is 0 Å². The van der Waals surface area contributed by atoms with Crippen LogP contribution in [0, 0.1) is 5.92 Å². The maximum Gasteiger partial charge on any atom is 0.416 e. The first-order chi connectivity index (χ1) is 8.21. The summed E-state index contributed by atoms with van der Waals surface area (Å²) in [7, 11) is 5.76. The number of allylic oxidation sites excluding steroid dienone is 4. The molecule has 0 saturated carbocycles. The molecule has 2 nitrogen and oxygen atoms in total. The zero-order chi connectivity index (χ0) is 13.9. The summed E-state index contributed by atoms with van der Waals surface area (Å²) >= 11 is 0. The third-order valence-corrected chi connectivity index (χ3v) is 3.15. The quantitative estimate of drug-likeness (QED) is 0.768. The van der Waals surface area contributed by atoms with Crippen LogP contribution in [0.3, 0.4) is 0 Å². The molecule has 1 atom stereocenters. The molecule has 1 aliphatic rings. The van der Waals surface area contributed by atoms with Crippen LogP contribution >= 0.6 is 0 Å². The molecule has 0 fully saturated rings. The lowest BCUT2D eigenvalue weighted by Gasteiger charge is -2.31. The van der Waals surface area contributed by atoms with Crippen LogP contribution in [-0.4, -0.2) is 50.2 Å². The van der Waals surface area contributed by atoms with Crippen LogP contribution in [0.4, 0.5) is 13.2 Å². The van der Waals surface area contributed by atoms with E-state index in [1.807, 2.05) is 37.9 Å². The van der Waals surface area contributed by atoms with Crippen LogP contribution in [-0.2, 0) is 0 Å². The maximum absolute atomic E-state index is 12.7. The van der Waals surface area contributed by atoms with Crippen molar-refractivity contribution in [3.05, 3.63) is 23.4 Å². The van der Waals surface area contributed by atoms with E-state index in [-0.39, 0.29) is 5.92 Å². The van der Waals surface area contributed by atoms with Gasteiger partial charge in [0.15, 0.2) is 0 Å². The highest BCUT2D eigenvalue weighted by atomic mass is 19.4. The molecule has 0 aromatic heterocycles. The van der Waals surface area contributed by atoms with Crippen molar-refractivity contribution in [1.82, 2.24) is 9.80 Å². The molecule has 5 heteroatoms. The Bertz CT molecular complexity index is 343. The molecule has 1 unspecified atom stereocenters. The van der Waals surface area contributed by atoms with Gasteiger partial charge in [-0.05, 0) is 32.5 Å². The summed E-state index contributed by atoms with van der Waals surface area (Å²) in [4.78, 5) is 3.94. The molecule has 0 aromatic rings. The van der Waals surface area contributed by atoms with Crippen LogP contribution in [0.1, 0.15) is 13.3 Å². The zero-order valence-electron chi connectivity index (χ0n) is 11.4. The molecule has 0 bridgehead atoms. The van der Waals surface area contributed by atoms with Crippen molar-refractivity contribution in [1.29, 1.82) is 0 Å². The van der Waals surface area contributed by atoms with Gasteiger partial charge in [0.05, 0.1) is 5.57 Å². The zero-order valence-corrected chi connectivity index (χ0v) is 11.4. The van der Waals surface area contributed by atoms with Crippen LogP contribution < -0.4 is 0 Å². The van der Waals surface area contributed by atoms with Gasteiger partial charge in [-0.2, -0.15) is 13.2 Å². The molecular formula is C13H21F3N2. The van der Waals surface area contributed by atoms with Crippen molar-refractivity contribution < 1.29 is 13.2 Å². The van der Waals surface area contributed by atoms with E-state index in [2.05, 4.69) is 0 Å². The second kappa shape index (κ2) is 5.78. The van der Waals surface area contributed by atoms with Crippen molar-refractivity contribution in [3.63, 3.8) is 0 Å². The molecule has 0 radical (unpaired) electrons. The van der Waals surface area contributed by atoms with E-state index in [4.69, 9.17) is 0 Å². The van der Waals surface area contributed by atoms with Gasteiger partial charge in [-0.15, -0.1) is 0 Å². The van der Waals surface area contributed by atoms with E-state index in [1.165, 1.54) is 12.2 Å². The lowest BCUT2D eigenvalue weighted by atomic mass is 9.93. The summed E-state index contributed by atoms with van der Waals surface area (Å²) in [6.07, 6.45) is -1.22. The molecule has 0 aromatic carbocycles. The van der Waals surface area contributed by atoms with Gasteiger partial charge < -0.3 is 9.80 Å². The first-order valence-electron chi connectivity index (χ1n) is 6.06. The van der Waals surface area contributed by atoms with Crippen molar-refractivity contribution in [2.45, 2.75) is 19.5 Å². The summed E-state index contributed by atoms with van der Waals surface area (Å²) in [5, 5.41) is 0. The van der Waals surface area contributed by atoms with E-state index in [0.717, 1.165) is 18.8 Å². The van der Waals surface area contributed by atoms with Gasteiger partial charge in [-0.3, -0.25) is 0 Å². The molecule has 18 heavy (non-hydrogen) atoms. The van der Waals surface area contributed by atoms with Gasteiger partial charge in [0, 0.05) is 25.8 Å². The van der Waals surface area contributed by atoms with Crippen molar-refractivity contribution >= 4 is 0 Å². The van der Waals surface area contributed by atoms with E-state index >= 15 is 0 Å². The van der Waals surface area contributed by atoms with Crippen molar-refractivity contribution in [3.8, 4) is 0 Å². The third kappa shape index (κ3) is 4.05. The van der Waals surface area contributed by atoms with Gasteiger partial charge in [-0.1, -0.05) is 13.0 Å². The Balaban J connectivity index is 2.78. The molecule has 0 aliphatic heterocycles. The van der Waals surface area contributed by atoms with Gasteiger partial charge >= 0.3 is 6.18 Å². The summed E-state index contributed by atoms with van der Waals surface area (Å²) < 4.78 is 38.0. The largest absolute Gasteiger partial charge is 0.416 e. The fourth-order valence-corrected chi connectivity index (χ4v) is 1.95. The standard InChI is InChI=1S/C13H21F3N2/c1-10-5-6-11(13(14,15)16)9-12(10)18(4)8-7-17(2)3/h6,9-10H,5,7-8H2,1-4H3. The monoisotopic (exact) mass is 262 g/mol. The summed E-state index contributed by atoms with van der Waals surface area (Å²) in [6, 6.07) is 0. The summed E-state index contributed by atoms with van der Waals surface area (Å²) in [5.41, 5.74) is 0.249. The van der Waals surface area contributed by atoms with E-state index < -0.39 is 11.7 Å². The van der Waals surface area contributed by atoms with E-state index in [1.54, 1.807) is 0 Å². The smallest absolute Gasteiger partial charge is 0.376 e. The van der Waals surface area contributed by atoms with E-state index in [0.29, 0.717) is 6.42 Å². The predicted molar refractivity (Wildman–Crippen MR) is 67.2 cm³/mol. The summed E-state index contributed by atoms with van der Waals surface area (Å²) in [6.45, 7) is 3.52. The normalized spacial score (nSPS) is 20.8. The minimum Gasteiger partial charge on any atom is -0.376 e. The Morgan fingerprint density at radius 3 is 2.33 bits per heavy atom. The average Bonchev–Trinajstić information content (AvgIpc) is 2.24. The Morgan fingerprint density at radius 1 is 1.22 bits per heavy atom. The van der Waals surface area contributed by atoms with Crippen LogP contribution in [0.5, 0.6) is 0 Å². The number of rotatable bonds is 4. The highest BCUT2D eigenvalue weighted by Gasteiger charge is 2.34. The number of hydrogen-bond donors (Lipinski definition) is 0. The SMILES string of the molecule is CC1CC=C(C(F)(F)F)C=C1N(C)CCN(C)C. The van der Waals surface area contributed by atoms with Gasteiger partial charge in [0.25, 0.3) is 0 Å². The highest BCUT2D eigenvalue weighted by molar-refractivity contribution is 5.32. The molecular weight excluding hydrogens is 241 g/mol. The van der Waals surface area contributed by atoms with Gasteiger partial charge in [0.2, 0.25) is 0 Å². The fraction of sp³-hybridized carbons (Fsp3) is 0.692. The minimum atomic E-state index is -4.24. The van der Waals surface area contributed by atoms with Crippen molar-refractivity contribution in [2.75, 3.05) is 34.2 Å². The molecule has 0 amide bonds. The van der Waals surface area contributed by atoms with Crippen LogP contribution in [0.25, 0.3) is 0 Å². The van der Waals surface area contributed by atoms with Crippen molar-refractivity contribution in [2.24, 2.45) is 5.92 Å². The van der Waals surface area contributed by atoms with Gasteiger partial charge in [0.1, 0.15) is 0 Å². The molecule has 1 rings (SSSR count). The number of nitrogens with zero attached hydrogens (tertiary/aromatic N) is 2.